The predicted octanol–water partition coefficient (Wildman–Crippen LogP) is 4.71. The molecule has 7 heteroatoms. The number of pyridine rings is 1. The van der Waals surface area contributed by atoms with Crippen molar-refractivity contribution in [3.8, 4) is 11.5 Å². The highest BCUT2D eigenvalue weighted by Gasteiger charge is 2.22. The van der Waals surface area contributed by atoms with Gasteiger partial charge in [0.15, 0.2) is 0 Å². The Balaban J connectivity index is 1.29. The van der Waals surface area contributed by atoms with Crippen LogP contribution in [0.1, 0.15) is 18.4 Å². The molecule has 0 radical (unpaired) electrons. The van der Waals surface area contributed by atoms with Crippen molar-refractivity contribution in [1.82, 2.24) is 9.88 Å². The summed E-state index contributed by atoms with van der Waals surface area (Å²) in [7, 11) is 1.67. The minimum atomic E-state index is 0.175. The lowest BCUT2D eigenvalue weighted by Crippen LogP contribution is -2.49. The van der Waals surface area contributed by atoms with Gasteiger partial charge in [-0.25, -0.2) is 4.98 Å². The van der Waals surface area contributed by atoms with Crippen molar-refractivity contribution in [3.63, 3.8) is 0 Å². The molecule has 0 unspecified atom stereocenters. The van der Waals surface area contributed by atoms with Crippen LogP contribution >= 0.6 is 11.6 Å². The van der Waals surface area contributed by atoms with Crippen LogP contribution in [0, 0.1) is 6.92 Å². The summed E-state index contributed by atoms with van der Waals surface area (Å²) >= 11 is 5.88. The van der Waals surface area contributed by atoms with E-state index >= 15 is 0 Å². The quantitative estimate of drug-likeness (QED) is 0.485. The van der Waals surface area contributed by atoms with Gasteiger partial charge in [0.2, 0.25) is 5.91 Å². The molecule has 168 valence electrons. The Labute approximate surface area is 193 Å². The lowest BCUT2D eigenvalue weighted by molar-refractivity contribution is -0.131. The van der Waals surface area contributed by atoms with Crippen LogP contribution in [0.25, 0.3) is 10.9 Å². The van der Waals surface area contributed by atoms with Crippen molar-refractivity contribution >= 4 is 34.2 Å². The van der Waals surface area contributed by atoms with Crippen molar-refractivity contribution in [1.29, 1.82) is 0 Å². The Hall–Kier alpha value is -2.99. The van der Waals surface area contributed by atoms with Crippen LogP contribution in [0.4, 0.5) is 5.82 Å². The number of rotatable bonds is 7. The molecule has 2 heterocycles. The van der Waals surface area contributed by atoms with Crippen molar-refractivity contribution < 1.29 is 14.3 Å². The molecular formula is C25H28ClN3O3. The number of amides is 1. The second-order valence-electron chi connectivity index (χ2n) is 7.93. The number of para-hydroxylation sites is 1. The number of halogens is 1. The number of hydrogen-bond donors (Lipinski definition) is 0. The highest BCUT2D eigenvalue weighted by molar-refractivity contribution is 6.30. The zero-order chi connectivity index (χ0) is 22.5. The summed E-state index contributed by atoms with van der Waals surface area (Å²) < 4.78 is 11.2. The van der Waals surface area contributed by atoms with Crippen LogP contribution in [-0.4, -0.2) is 55.7 Å². The molecule has 1 aromatic heterocycles. The fraction of sp³-hybridized carbons (Fsp3) is 0.360. The van der Waals surface area contributed by atoms with Crippen LogP contribution < -0.4 is 14.4 Å². The summed E-state index contributed by atoms with van der Waals surface area (Å²) in [6.45, 7) is 5.53. The third-order valence-electron chi connectivity index (χ3n) is 5.79. The van der Waals surface area contributed by atoms with Crippen molar-refractivity contribution in [2.24, 2.45) is 0 Å². The summed E-state index contributed by atoms with van der Waals surface area (Å²) in [6.07, 6.45) is 1.17. The van der Waals surface area contributed by atoms with Crippen LogP contribution in [0.3, 0.4) is 0 Å². The van der Waals surface area contributed by atoms with Gasteiger partial charge in [0.25, 0.3) is 0 Å². The molecule has 0 aliphatic carbocycles. The molecule has 32 heavy (non-hydrogen) atoms. The number of aryl methyl sites for hydroxylation is 1. The zero-order valence-corrected chi connectivity index (χ0v) is 19.3. The standard InChI is InChI=1S/C25H28ClN3O3/c1-18-17-23(27-25-21(18)5-3-6-22(25)31-2)28-12-14-29(15-13-28)24(30)7-4-16-32-20-10-8-19(26)9-11-20/h3,5-6,8-11,17H,4,7,12-16H2,1-2H3. The third-order valence-corrected chi connectivity index (χ3v) is 6.04. The van der Waals surface area contributed by atoms with E-state index in [0.717, 1.165) is 41.3 Å². The number of hydrogen-bond acceptors (Lipinski definition) is 5. The van der Waals surface area contributed by atoms with Gasteiger partial charge in [-0.15, -0.1) is 0 Å². The second-order valence-corrected chi connectivity index (χ2v) is 8.36. The van der Waals surface area contributed by atoms with E-state index in [2.05, 4.69) is 24.0 Å². The van der Waals surface area contributed by atoms with Gasteiger partial charge in [-0.2, -0.15) is 0 Å². The Morgan fingerprint density at radius 3 is 2.56 bits per heavy atom. The van der Waals surface area contributed by atoms with Gasteiger partial charge in [0.05, 0.1) is 13.7 Å². The summed E-state index contributed by atoms with van der Waals surface area (Å²) in [4.78, 5) is 21.7. The van der Waals surface area contributed by atoms with E-state index in [1.807, 2.05) is 29.2 Å². The van der Waals surface area contributed by atoms with E-state index in [0.29, 0.717) is 37.6 Å². The lowest BCUT2D eigenvalue weighted by Gasteiger charge is -2.35. The number of fused-ring (bicyclic) bond motifs is 1. The first kappa shape index (κ1) is 22.2. The van der Waals surface area contributed by atoms with Gasteiger partial charge in [-0.05, 0) is 55.3 Å². The number of methoxy groups -OCH3 is 1. The number of carbonyl (C=O) groups is 1. The molecular weight excluding hydrogens is 426 g/mol. The Morgan fingerprint density at radius 1 is 1.09 bits per heavy atom. The maximum absolute atomic E-state index is 12.6. The molecule has 4 rings (SSSR count). The Bertz CT molecular complexity index is 1080. The second kappa shape index (κ2) is 10.1. The van der Waals surface area contributed by atoms with E-state index in [4.69, 9.17) is 26.1 Å². The largest absolute Gasteiger partial charge is 0.494 e. The minimum absolute atomic E-state index is 0.175. The average molecular weight is 454 g/mol. The van der Waals surface area contributed by atoms with Crippen molar-refractivity contribution in [3.05, 3.63) is 59.1 Å². The van der Waals surface area contributed by atoms with E-state index < -0.39 is 0 Å². The maximum atomic E-state index is 12.6. The smallest absolute Gasteiger partial charge is 0.222 e. The van der Waals surface area contributed by atoms with Crippen molar-refractivity contribution in [2.75, 3.05) is 44.8 Å². The molecule has 0 saturated carbocycles. The molecule has 1 fully saturated rings. The number of nitrogens with zero attached hydrogens (tertiary/aromatic N) is 3. The Kier molecular flexibility index (Phi) is 7.00. The molecule has 2 aromatic carbocycles. The van der Waals surface area contributed by atoms with E-state index in [-0.39, 0.29) is 5.91 Å². The molecule has 0 atom stereocenters. The highest BCUT2D eigenvalue weighted by atomic mass is 35.5. The van der Waals surface area contributed by atoms with Gasteiger partial charge < -0.3 is 19.3 Å². The molecule has 1 saturated heterocycles. The summed E-state index contributed by atoms with van der Waals surface area (Å²) in [5.41, 5.74) is 2.05. The van der Waals surface area contributed by atoms with E-state index in [1.54, 1.807) is 19.2 Å². The molecule has 6 nitrogen and oxygen atoms in total. The highest BCUT2D eigenvalue weighted by Crippen LogP contribution is 2.29. The maximum Gasteiger partial charge on any atom is 0.222 e. The fourth-order valence-electron chi connectivity index (χ4n) is 3.99. The molecule has 0 spiro atoms. The van der Waals surface area contributed by atoms with Gasteiger partial charge in [-0.1, -0.05) is 23.7 Å². The van der Waals surface area contributed by atoms with E-state index in [1.165, 1.54) is 5.56 Å². The topological polar surface area (TPSA) is 54.9 Å². The van der Waals surface area contributed by atoms with E-state index in [9.17, 15) is 4.79 Å². The number of ether oxygens (including phenoxy) is 2. The zero-order valence-electron chi connectivity index (χ0n) is 18.5. The molecule has 0 bridgehead atoms. The fourth-order valence-corrected chi connectivity index (χ4v) is 4.11. The third kappa shape index (κ3) is 5.07. The number of carbonyl (C=O) groups excluding carboxylic acids is 1. The Morgan fingerprint density at radius 2 is 1.84 bits per heavy atom. The molecule has 1 aliphatic rings. The monoisotopic (exact) mass is 453 g/mol. The summed E-state index contributed by atoms with van der Waals surface area (Å²) in [5.74, 6) is 2.66. The summed E-state index contributed by atoms with van der Waals surface area (Å²) in [5, 5.41) is 1.78. The lowest BCUT2D eigenvalue weighted by atomic mass is 10.1. The first-order valence-corrected chi connectivity index (χ1v) is 11.3. The van der Waals surface area contributed by atoms with Gasteiger partial charge in [0.1, 0.15) is 22.8 Å². The van der Waals surface area contributed by atoms with Gasteiger partial charge in [0, 0.05) is 43.0 Å². The predicted molar refractivity (Wildman–Crippen MR) is 128 cm³/mol. The average Bonchev–Trinajstić information content (AvgIpc) is 2.82. The number of anilines is 1. The SMILES string of the molecule is COc1cccc2c(C)cc(N3CCN(C(=O)CCCOc4ccc(Cl)cc4)CC3)nc12. The normalized spacial score (nSPS) is 14.0. The first-order valence-electron chi connectivity index (χ1n) is 10.9. The van der Waals surface area contributed by atoms with Crippen molar-refractivity contribution in [2.45, 2.75) is 19.8 Å². The minimum Gasteiger partial charge on any atom is -0.494 e. The van der Waals surface area contributed by atoms with Gasteiger partial charge >= 0.3 is 0 Å². The number of aromatic nitrogens is 1. The van der Waals surface area contributed by atoms with Crippen LogP contribution in [0.5, 0.6) is 11.5 Å². The molecule has 3 aromatic rings. The number of benzene rings is 2. The van der Waals surface area contributed by atoms with Gasteiger partial charge in [-0.3, -0.25) is 4.79 Å². The molecule has 1 aliphatic heterocycles. The first-order chi connectivity index (χ1) is 15.5. The summed E-state index contributed by atoms with van der Waals surface area (Å²) in [6, 6.07) is 15.4. The molecule has 1 amide bonds. The van der Waals surface area contributed by atoms with Crippen LogP contribution in [0.15, 0.2) is 48.5 Å². The molecule has 0 N–H and O–H groups in total. The number of piperazine rings is 1. The van der Waals surface area contributed by atoms with Crippen LogP contribution in [-0.2, 0) is 4.79 Å². The van der Waals surface area contributed by atoms with Crippen LogP contribution in [0.2, 0.25) is 5.02 Å².